The van der Waals surface area contributed by atoms with Crippen molar-refractivity contribution in [2.45, 2.75) is 140 Å². The van der Waals surface area contributed by atoms with E-state index in [1.807, 2.05) is 24.3 Å². The summed E-state index contributed by atoms with van der Waals surface area (Å²) in [6, 6.07) is 11.1. The van der Waals surface area contributed by atoms with E-state index in [1.54, 1.807) is 18.2 Å². The topological polar surface area (TPSA) is 172 Å². The fourth-order valence-corrected chi connectivity index (χ4v) is 8.16. The number of carboxylic acids is 1. The smallest absolute Gasteiger partial charge is 0.309 e. The molecule has 2 aliphatic rings. The number of aromatic amines is 1. The van der Waals surface area contributed by atoms with Crippen LogP contribution in [0.1, 0.15) is 122 Å². The first-order valence-corrected chi connectivity index (χ1v) is 19.2. The number of unbranched alkanes of at least 4 members (excludes halogenated alkanes) is 7. The van der Waals surface area contributed by atoms with Crippen molar-refractivity contribution in [2.24, 2.45) is 23.5 Å². The molecule has 278 valence electrons. The number of H-pyrrole nitrogens is 1. The number of aromatic nitrogens is 1. The zero-order chi connectivity index (χ0) is 35.9. The Morgan fingerprint density at radius 3 is 2.36 bits per heavy atom. The quantitative estimate of drug-likeness (QED) is 0.0560. The normalized spacial score (nSPS) is 22.4. The third kappa shape index (κ3) is 12.5. The van der Waals surface area contributed by atoms with Crippen molar-refractivity contribution < 1.29 is 30.3 Å². The van der Waals surface area contributed by atoms with Crippen molar-refractivity contribution in [3.05, 3.63) is 65.6 Å². The number of aliphatic carboxylic acids is 1. The first-order chi connectivity index (χ1) is 24.1. The first kappa shape index (κ1) is 39.5. The second kappa shape index (κ2) is 19.9. The molecule has 2 aromatic rings. The fourth-order valence-electron chi connectivity index (χ4n) is 8.16. The lowest BCUT2D eigenvalue weighted by Crippen LogP contribution is -2.37. The van der Waals surface area contributed by atoms with Gasteiger partial charge in [0.2, 0.25) is 0 Å². The summed E-state index contributed by atoms with van der Waals surface area (Å²) >= 11 is 0. The number of rotatable bonds is 23. The molecule has 1 saturated carbocycles. The SMILES string of the molecule is CCCCCCCC(O)CCCCCCC(C(=O)O)C(O)CCC1(O)CC(CC2=CCNC(N)=C2)CC1Cc1ccc(-c2cccc(O)c2)[nH]1. The Hall–Kier alpha value is -3.27. The van der Waals surface area contributed by atoms with Crippen molar-refractivity contribution in [3.8, 4) is 17.0 Å². The lowest BCUT2D eigenvalue weighted by Gasteiger charge is -2.32. The number of dihydropyridines is 1. The molecule has 0 amide bonds. The molecule has 9 N–H and O–H groups in total. The molecule has 6 unspecified atom stereocenters. The minimum absolute atomic E-state index is 0.0750. The third-order valence-corrected chi connectivity index (χ3v) is 11.0. The Labute approximate surface area is 299 Å². The Balaban J connectivity index is 1.30. The summed E-state index contributed by atoms with van der Waals surface area (Å²) in [6.07, 6.45) is 17.6. The second-order valence-corrected chi connectivity index (χ2v) is 15.1. The summed E-state index contributed by atoms with van der Waals surface area (Å²) < 4.78 is 0. The molecular weight excluding hydrogens is 630 g/mol. The molecule has 0 spiro atoms. The van der Waals surface area contributed by atoms with E-state index in [9.17, 15) is 30.3 Å². The average Bonchev–Trinajstić information content (AvgIpc) is 3.67. The van der Waals surface area contributed by atoms with Gasteiger partial charge in [-0.1, -0.05) is 82.9 Å². The highest BCUT2D eigenvalue weighted by atomic mass is 16.4. The molecule has 1 aliphatic carbocycles. The van der Waals surface area contributed by atoms with Gasteiger partial charge in [-0.3, -0.25) is 4.79 Å². The summed E-state index contributed by atoms with van der Waals surface area (Å²) in [6.45, 7) is 2.88. The van der Waals surface area contributed by atoms with Gasteiger partial charge in [-0.25, -0.2) is 0 Å². The van der Waals surface area contributed by atoms with E-state index in [1.165, 1.54) is 25.7 Å². The maximum atomic E-state index is 12.2. The molecule has 0 bridgehead atoms. The minimum atomic E-state index is -1.05. The van der Waals surface area contributed by atoms with Gasteiger partial charge in [-0.05, 0) is 106 Å². The largest absolute Gasteiger partial charge is 0.508 e. The lowest BCUT2D eigenvalue weighted by molar-refractivity contribution is -0.146. The van der Waals surface area contributed by atoms with E-state index >= 15 is 0 Å². The highest BCUT2D eigenvalue weighted by Gasteiger charge is 2.46. The van der Waals surface area contributed by atoms with Crippen LogP contribution in [0.3, 0.4) is 0 Å². The average molecular weight is 694 g/mol. The standard InChI is InChI=1S/C41H63N3O6/c1-2-3-4-5-8-13-34(45)14-9-6-7-10-16-36(40(48)49)38(47)19-21-41(50)28-30(23-29-20-22-43-39(42)25-29)24-32(41)27-33-17-18-37(44-33)31-12-11-15-35(46)26-31/h11-12,15,17-18,20,25-26,30,32,34,36,38,43-47,50H,2-10,13-14,16,19,21-24,27-28,42H2,1H3,(H,48,49). The number of nitrogens with two attached hydrogens (primary N) is 1. The number of aromatic hydroxyl groups is 1. The predicted molar refractivity (Wildman–Crippen MR) is 199 cm³/mol. The Morgan fingerprint density at radius 1 is 0.960 bits per heavy atom. The van der Waals surface area contributed by atoms with Crippen molar-refractivity contribution in [1.29, 1.82) is 0 Å². The molecule has 9 heteroatoms. The zero-order valence-corrected chi connectivity index (χ0v) is 30.2. The number of hydrogen-bond acceptors (Lipinski definition) is 7. The summed E-state index contributed by atoms with van der Waals surface area (Å²) in [5.74, 6) is -0.863. The Kier molecular flexibility index (Phi) is 15.8. The summed E-state index contributed by atoms with van der Waals surface area (Å²) in [5, 5.41) is 56.7. The van der Waals surface area contributed by atoms with Crippen LogP contribution < -0.4 is 11.1 Å². The number of phenols is 1. The van der Waals surface area contributed by atoms with Crippen LogP contribution in [0.4, 0.5) is 0 Å². The molecule has 9 nitrogen and oxygen atoms in total. The Bertz CT molecular complexity index is 1390. The fraction of sp³-hybridized carbons (Fsp3) is 0.634. The molecule has 4 rings (SSSR count). The van der Waals surface area contributed by atoms with Crippen LogP contribution in [0.5, 0.6) is 5.75 Å². The molecule has 2 heterocycles. The monoisotopic (exact) mass is 693 g/mol. The molecule has 1 fully saturated rings. The van der Waals surface area contributed by atoms with Crippen LogP contribution >= 0.6 is 0 Å². The molecular formula is C41H63N3O6. The van der Waals surface area contributed by atoms with Crippen LogP contribution in [0.2, 0.25) is 0 Å². The van der Waals surface area contributed by atoms with Crippen LogP contribution in [-0.4, -0.2) is 60.8 Å². The molecule has 1 aromatic carbocycles. The van der Waals surface area contributed by atoms with Gasteiger partial charge in [0.15, 0.2) is 0 Å². The van der Waals surface area contributed by atoms with Crippen LogP contribution in [-0.2, 0) is 11.2 Å². The van der Waals surface area contributed by atoms with Crippen LogP contribution in [0.15, 0.2) is 59.9 Å². The number of carbonyl (C=O) groups is 1. The van der Waals surface area contributed by atoms with Gasteiger partial charge in [0, 0.05) is 23.5 Å². The van der Waals surface area contributed by atoms with Crippen molar-refractivity contribution in [2.75, 3.05) is 6.54 Å². The van der Waals surface area contributed by atoms with Gasteiger partial charge in [0.25, 0.3) is 0 Å². The van der Waals surface area contributed by atoms with Crippen molar-refractivity contribution in [3.63, 3.8) is 0 Å². The van der Waals surface area contributed by atoms with E-state index in [-0.39, 0.29) is 30.1 Å². The molecule has 1 aliphatic heterocycles. The number of carboxylic acid groups (broad SMARTS) is 1. The van der Waals surface area contributed by atoms with Crippen LogP contribution in [0, 0.1) is 17.8 Å². The van der Waals surface area contributed by atoms with E-state index in [0.29, 0.717) is 44.5 Å². The van der Waals surface area contributed by atoms with Gasteiger partial charge >= 0.3 is 5.97 Å². The van der Waals surface area contributed by atoms with E-state index < -0.39 is 23.6 Å². The molecule has 6 atom stereocenters. The maximum Gasteiger partial charge on any atom is 0.309 e. The Morgan fingerprint density at radius 2 is 1.68 bits per heavy atom. The number of benzene rings is 1. The van der Waals surface area contributed by atoms with Gasteiger partial charge in [-0.2, -0.15) is 0 Å². The summed E-state index contributed by atoms with van der Waals surface area (Å²) in [7, 11) is 0. The highest BCUT2D eigenvalue weighted by Crippen LogP contribution is 2.47. The number of nitrogens with one attached hydrogen (secondary N) is 2. The summed E-state index contributed by atoms with van der Waals surface area (Å²) in [5.41, 5.74) is 8.89. The highest BCUT2D eigenvalue weighted by molar-refractivity contribution is 5.70. The maximum absolute atomic E-state index is 12.2. The third-order valence-electron chi connectivity index (χ3n) is 11.0. The summed E-state index contributed by atoms with van der Waals surface area (Å²) in [4.78, 5) is 15.7. The van der Waals surface area contributed by atoms with E-state index in [0.717, 1.165) is 73.9 Å². The van der Waals surface area contributed by atoms with Gasteiger partial charge in [-0.15, -0.1) is 0 Å². The molecule has 50 heavy (non-hydrogen) atoms. The first-order valence-electron chi connectivity index (χ1n) is 19.2. The zero-order valence-electron chi connectivity index (χ0n) is 30.2. The van der Waals surface area contributed by atoms with E-state index in [2.05, 4.69) is 23.3 Å². The number of phenolic OH excluding ortho intramolecular Hbond substituents is 1. The molecule has 0 saturated heterocycles. The lowest BCUT2D eigenvalue weighted by atomic mass is 9.81. The van der Waals surface area contributed by atoms with E-state index in [4.69, 9.17) is 5.73 Å². The number of aliphatic hydroxyl groups excluding tert-OH is 2. The van der Waals surface area contributed by atoms with Crippen molar-refractivity contribution >= 4 is 5.97 Å². The molecule has 1 aromatic heterocycles. The van der Waals surface area contributed by atoms with Gasteiger partial charge in [0.05, 0.1) is 29.5 Å². The molecule has 0 radical (unpaired) electrons. The van der Waals surface area contributed by atoms with Crippen LogP contribution in [0.25, 0.3) is 11.3 Å². The number of allylic oxidation sites excluding steroid dienone is 2. The second-order valence-electron chi connectivity index (χ2n) is 15.1. The predicted octanol–water partition coefficient (Wildman–Crippen LogP) is 7.31. The van der Waals surface area contributed by atoms with Gasteiger partial charge in [0.1, 0.15) is 5.75 Å². The van der Waals surface area contributed by atoms with Crippen molar-refractivity contribution in [1.82, 2.24) is 10.3 Å². The minimum Gasteiger partial charge on any atom is -0.508 e. The number of aliphatic hydroxyl groups is 3. The van der Waals surface area contributed by atoms with Gasteiger partial charge < -0.3 is 41.6 Å². The number of hydrogen-bond donors (Lipinski definition) is 8.